The van der Waals surface area contributed by atoms with Crippen molar-refractivity contribution in [1.29, 1.82) is 0 Å². The third-order valence-electron chi connectivity index (χ3n) is 2.55. The number of carbonyl (C=O) groups excluding carboxylic acids is 1. The summed E-state index contributed by atoms with van der Waals surface area (Å²) in [6.45, 7) is 4.31. The Morgan fingerprint density at radius 2 is 2.05 bits per heavy atom. The third kappa shape index (κ3) is 4.23. The van der Waals surface area contributed by atoms with Crippen LogP contribution in [0.5, 0.6) is 0 Å². The monoisotopic (exact) mass is 287 g/mol. The van der Waals surface area contributed by atoms with Crippen molar-refractivity contribution in [3.05, 3.63) is 33.9 Å². The van der Waals surface area contributed by atoms with Gasteiger partial charge in [-0.25, -0.2) is 4.39 Å². The first-order valence-corrected chi connectivity index (χ1v) is 6.01. The summed E-state index contributed by atoms with van der Waals surface area (Å²) in [7, 11) is 0. The Morgan fingerprint density at radius 3 is 2.60 bits per heavy atom. The van der Waals surface area contributed by atoms with Gasteiger partial charge in [0.1, 0.15) is 5.82 Å². The number of hydrogen-bond donors (Lipinski definition) is 2. The fraction of sp³-hybridized carbons (Fsp3) is 0.417. The Morgan fingerprint density at radius 1 is 1.40 bits per heavy atom. The van der Waals surface area contributed by atoms with Crippen LogP contribution < -0.4 is 10.6 Å². The van der Waals surface area contributed by atoms with Gasteiger partial charge in [-0.1, -0.05) is 6.92 Å². The average Bonchev–Trinajstić information content (AvgIpc) is 2.32. The molecule has 0 spiro atoms. The number of rotatable bonds is 6. The van der Waals surface area contributed by atoms with Gasteiger partial charge in [0.2, 0.25) is 11.7 Å². The summed E-state index contributed by atoms with van der Waals surface area (Å²) in [4.78, 5) is 21.2. The number of hydrogen-bond acceptors (Lipinski definition) is 4. The van der Waals surface area contributed by atoms with Crippen LogP contribution in [0.25, 0.3) is 0 Å². The Labute approximate surface area is 114 Å². The zero-order valence-corrected chi connectivity index (χ0v) is 11.1. The Hall–Kier alpha value is -2.09. The number of benzene rings is 1. The van der Waals surface area contributed by atoms with E-state index in [1.165, 1.54) is 0 Å². The van der Waals surface area contributed by atoms with Gasteiger partial charge in [-0.3, -0.25) is 14.9 Å². The molecule has 0 saturated carbocycles. The molecular formula is C12H15F2N3O3. The second-order valence-electron chi connectivity index (χ2n) is 4.25. The number of nitrogens with zero attached hydrogens (tertiary/aromatic N) is 1. The second kappa shape index (κ2) is 6.90. The minimum atomic E-state index is -1.29. The van der Waals surface area contributed by atoms with Gasteiger partial charge >= 0.3 is 5.69 Å². The van der Waals surface area contributed by atoms with Crippen LogP contribution in [0, 0.1) is 21.7 Å². The van der Waals surface area contributed by atoms with Gasteiger partial charge in [0, 0.05) is 24.6 Å². The van der Waals surface area contributed by atoms with Gasteiger partial charge in [-0.15, -0.1) is 0 Å². The first-order chi connectivity index (χ1) is 9.35. The first kappa shape index (κ1) is 16.0. The Bertz CT molecular complexity index is 523. The molecule has 1 rings (SSSR count). The van der Waals surface area contributed by atoms with Crippen LogP contribution in [0.15, 0.2) is 12.1 Å². The lowest BCUT2D eigenvalue weighted by Gasteiger charge is -2.12. The molecule has 1 aromatic rings. The van der Waals surface area contributed by atoms with Crippen LogP contribution in [0.1, 0.15) is 20.3 Å². The minimum absolute atomic E-state index is 0.0679. The minimum Gasteiger partial charge on any atom is -0.323 e. The summed E-state index contributed by atoms with van der Waals surface area (Å²) in [6, 6.07) is 0.917. The molecule has 0 aliphatic heterocycles. The molecule has 0 saturated heterocycles. The fourth-order valence-electron chi connectivity index (χ4n) is 1.67. The zero-order chi connectivity index (χ0) is 15.3. The van der Waals surface area contributed by atoms with Crippen molar-refractivity contribution in [1.82, 2.24) is 5.32 Å². The van der Waals surface area contributed by atoms with Crippen LogP contribution in [0.4, 0.5) is 20.2 Å². The van der Waals surface area contributed by atoms with Gasteiger partial charge in [0.25, 0.3) is 0 Å². The van der Waals surface area contributed by atoms with E-state index < -0.39 is 33.8 Å². The predicted octanol–water partition coefficient (Wildman–Crippen LogP) is 2.20. The lowest BCUT2D eigenvalue weighted by atomic mass is 10.2. The average molecular weight is 287 g/mol. The number of carbonyl (C=O) groups is 1. The van der Waals surface area contributed by atoms with Crippen molar-refractivity contribution in [2.45, 2.75) is 26.3 Å². The number of nitro benzene ring substituents is 1. The van der Waals surface area contributed by atoms with E-state index in [1.54, 1.807) is 6.92 Å². The summed E-state index contributed by atoms with van der Waals surface area (Å²) >= 11 is 0. The summed E-state index contributed by atoms with van der Waals surface area (Å²) in [5.74, 6) is -2.86. The van der Waals surface area contributed by atoms with E-state index in [0.29, 0.717) is 18.7 Å². The Balaban J connectivity index is 2.84. The molecule has 0 fully saturated rings. The molecule has 8 heteroatoms. The number of anilines is 1. The highest BCUT2D eigenvalue weighted by atomic mass is 19.1. The van der Waals surface area contributed by atoms with E-state index in [1.807, 2.05) is 6.92 Å². The molecule has 0 aromatic heterocycles. The Kier molecular flexibility index (Phi) is 5.51. The van der Waals surface area contributed by atoms with E-state index in [9.17, 15) is 23.7 Å². The van der Waals surface area contributed by atoms with Gasteiger partial charge < -0.3 is 10.6 Å². The molecule has 1 atom stereocenters. The van der Waals surface area contributed by atoms with E-state index in [4.69, 9.17) is 0 Å². The maximum absolute atomic E-state index is 13.4. The van der Waals surface area contributed by atoms with Crippen molar-refractivity contribution in [2.75, 3.05) is 11.9 Å². The molecule has 1 unspecified atom stereocenters. The molecule has 20 heavy (non-hydrogen) atoms. The van der Waals surface area contributed by atoms with Crippen LogP contribution in [-0.4, -0.2) is 23.4 Å². The normalized spacial score (nSPS) is 12.0. The van der Waals surface area contributed by atoms with Crippen molar-refractivity contribution in [3.63, 3.8) is 0 Å². The van der Waals surface area contributed by atoms with Crippen molar-refractivity contribution >= 4 is 17.3 Å². The lowest BCUT2D eigenvalue weighted by Crippen LogP contribution is -2.30. The molecule has 0 aliphatic carbocycles. The number of nitro groups is 1. The number of halogens is 2. The summed E-state index contributed by atoms with van der Waals surface area (Å²) in [6.07, 6.45) is 0.0679. The van der Waals surface area contributed by atoms with Gasteiger partial charge in [0.05, 0.1) is 10.6 Å². The molecule has 110 valence electrons. The highest BCUT2D eigenvalue weighted by Gasteiger charge is 2.20. The van der Waals surface area contributed by atoms with Gasteiger partial charge in [-0.05, 0) is 13.5 Å². The fourth-order valence-corrected chi connectivity index (χ4v) is 1.67. The predicted molar refractivity (Wildman–Crippen MR) is 69.4 cm³/mol. The molecule has 1 aromatic carbocycles. The summed E-state index contributed by atoms with van der Waals surface area (Å²) in [5.41, 5.74) is -1.30. The van der Waals surface area contributed by atoms with Crippen LogP contribution >= 0.6 is 0 Å². The van der Waals surface area contributed by atoms with Crippen molar-refractivity contribution < 1.29 is 18.5 Å². The number of amides is 1. The van der Waals surface area contributed by atoms with E-state index in [2.05, 4.69) is 10.6 Å². The van der Waals surface area contributed by atoms with Crippen molar-refractivity contribution in [2.24, 2.45) is 0 Å². The topological polar surface area (TPSA) is 84.3 Å². The molecule has 0 bridgehead atoms. The molecule has 0 radical (unpaired) electrons. The number of nitrogens with one attached hydrogen (secondary N) is 2. The van der Waals surface area contributed by atoms with Crippen LogP contribution in [0.2, 0.25) is 0 Å². The highest BCUT2D eigenvalue weighted by Crippen LogP contribution is 2.25. The molecule has 1 amide bonds. The standard InChI is InChI=1S/C12H15F2N3O3/c1-3-15-7(2)4-12(18)16-10-6-11(17(19)20)9(14)5-8(10)13/h5-7,15H,3-4H2,1-2H3,(H,16,18). The summed E-state index contributed by atoms with van der Waals surface area (Å²) in [5, 5.41) is 15.7. The lowest BCUT2D eigenvalue weighted by molar-refractivity contribution is -0.387. The molecular weight excluding hydrogens is 272 g/mol. The SMILES string of the molecule is CCNC(C)CC(=O)Nc1cc([N+](=O)[O-])c(F)cc1F. The molecule has 0 aliphatic rings. The molecule has 2 N–H and O–H groups in total. The second-order valence-corrected chi connectivity index (χ2v) is 4.25. The first-order valence-electron chi connectivity index (χ1n) is 6.01. The molecule has 0 heterocycles. The smallest absolute Gasteiger partial charge is 0.307 e. The van der Waals surface area contributed by atoms with Gasteiger partial charge in [0.15, 0.2) is 0 Å². The summed E-state index contributed by atoms with van der Waals surface area (Å²) < 4.78 is 26.6. The van der Waals surface area contributed by atoms with Crippen LogP contribution in [-0.2, 0) is 4.79 Å². The third-order valence-corrected chi connectivity index (χ3v) is 2.55. The largest absolute Gasteiger partial charge is 0.323 e. The molecule has 6 nitrogen and oxygen atoms in total. The zero-order valence-electron chi connectivity index (χ0n) is 11.1. The maximum Gasteiger partial charge on any atom is 0.307 e. The van der Waals surface area contributed by atoms with Gasteiger partial charge in [-0.2, -0.15) is 4.39 Å². The quantitative estimate of drug-likeness (QED) is 0.620. The van der Waals surface area contributed by atoms with Crippen LogP contribution in [0.3, 0.4) is 0 Å². The van der Waals surface area contributed by atoms with E-state index in [-0.39, 0.29) is 12.5 Å². The maximum atomic E-state index is 13.4. The van der Waals surface area contributed by atoms with Crippen molar-refractivity contribution in [3.8, 4) is 0 Å². The highest BCUT2D eigenvalue weighted by molar-refractivity contribution is 5.91. The van der Waals surface area contributed by atoms with E-state index >= 15 is 0 Å². The van der Waals surface area contributed by atoms with E-state index in [0.717, 1.165) is 0 Å².